The number of thioether (sulfide) groups is 1. The molecule has 0 spiro atoms. The van der Waals surface area contributed by atoms with Crippen molar-refractivity contribution >= 4 is 47.2 Å². The van der Waals surface area contributed by atoms with E-state index in [9.17, 15) is 9.59 Å². The Morgan fingerprint density at radius 2 is 2.39 bits per heavy atom. The van der Waals surface area contributed by atoms with Gasteiger partial charge < -0.3 is 5.32 Å². The number of carbonyl (C=O) groups excluding carboxylic acids is 2. The molecule has 9 heteroatoms. The molecule has 2 aromatic heterocycles. The molecule has 120 valence electrons. The van der Waals surface area contributed by atoms with Crippen LogP contribution >= 0.6 is 23.1 Å². The van der Waals surface area contributed by atoms with Gasteiger partial charge in [-0.1, -0.05) is 17.8 Å². The number of urea groups is 1. The highest BCUT2D eigenvalue weighted by Crippen LogP contribution is 2.22. The lowest BCUT2D eigenvalue weighted by molar-refractivity contribution is -0.126. The Morgan fingerprint density at radius 1 is 1.52 bits per heavy atom. The molecule has 3 heterocycles. The van der Waals surface area contributed by atoms with E-state index in [4.69, 9.17) is 0 Å². The van der Waals surface area contributed by atoms with Gasteiger partial charge in [0.05, 0.1) is 5.25 Å². The van der Waals surface area contributed by atoms with Crippen LogP contribution in [0.5, 0.6) is 0 Å². The van der Waals surface area contributed by atoms with Crippen LogP contribution in [0.4, 0.5) is 4.79 Å². The fourth-order valence-corrected chi connectivity index (χ4v) is 3.45. The number of aromatic nitrogens is 3. The Hall–Kier alpha value is -2.13. The number of amides is 3. The van der Waals surface area contributed by atoms with Crippen LogP contribution in [0.2, 0.25) is 0 Å². The molecule has 0 radical (unpaired) electrons. The minimum absolute atomic E-state index is 0.231. The van der Waals surface area contributed by atoms with Crippen molar-refractivity contribution in [3.63, 3.8) is 0 Å². The van der Waals surface area contributed by atoms with Gasteiger partial charge in [0.2, 0.25) is 11.1 Å². The van der Waals surface area contributed by atoms with Crippen LogP contribution in [0.15, 0.2) is 22.7 Å². The number of nitrogens with zero attached hydrogens (tertiary/aromatic N) is 3. The molecule has 2 aromatic rings. The Balaban J connectivity index is 1.60. The van der Waals surface area contributed by atoms with E-state index in [1.54, 1.807) is 18.3 Å². The maximum Gasteiger partial charge on any atom is 0.324 e. The highest BCUT2D eigenvalue weighted by Gasteiger charge is 2.30. The monoisotopic (exact) mass is 349 g/mol. The number of thiophene rings is 1. The predicted octanol–water partition coefficient (Wildman–Crippen LogP) is 2.07. The number of imide groups is 1. The summed E-state index contributed by atoms with van der Waals surface area (Å²) in [7, 11) is 0. The van der Waals surface area contributed by atoms with Crippen molar-refractivity contribution in [2.45, 2.75) is 17.3 Å². The summed E-state index contributed by atoms with van der Waals surface area (Å²) < 4.78 is 0. The normalized spacial score (nSPS) is 16.0. The van der Waals surface area contributed by atoms with Gasteiger partial charge in [-0.3, -0.25) is 14.8 Å². The third kappa shape index (κ3) is 3.80. The smallest absolute Gasteiger partial charge is 0.324 e. The fourth-order valence-electron chi connectivity index (χ4n) is 2.04. The fraction of sp³-hybridized carbons (Fsp3) is 0.286. The molecule has 1 aliphatic rings. The molecule has 2 N–H and O–H groups in total. The van der Waals surface area contributed by atoms with Crippen LogP contribution in [0.25, 0.3) is 12.2 Å². The van der Waals surface area contributed by atoms with E-state index in [-0.39, 0.29) is 11.9 Å². The van der Waals surface area contributed by atoms with Crippen LogP contribution in [0, 0.1) is 0 Å². The van der Waals surface area contributed by atoms with E-state index in [0.29, 0.717) is 24.1 Å². The van der Waals surface area contributed by atoms with E-state index in [0.717, 1.165) is 4.88 Å². The molecule has 1 saturated heterocycles. The molecule has 0 bridgehead atoms. The lowest BCUT2D eigenvalue weighted by atomic mass is 10.4. The van der Waals surface area contributed by atoms with Crippen LogP contribution in [0.1, 0.15) is 17.6 Å². The highest BCUT2D eigenvalue weighted by molar-refractivity contribution is 8.00. The maximum absolute atomic E-state index is 12.2. The first-order valence-electron chi connectivity index (χ1n) is 7.03. The van der Waals surface area contributed by atoms with Crippen LogP contribution in [-0.4, -0.2) is 50.4 Å². The summed E-state index contributed by atoms with van der Waals surface area (Å²) in [5, 5.41) is 11.6. The van der Waals surface area contributed by atoms with E-state index >= 15 is 0 Å². The zero-order chi connectivity index (χ0) is 16.2. The Morgan fingerprint density at radius 3 is 3.09 bits per heavy atom. The summed E-state index contributed by atoms with van der Waals surface area (Å²) in [5.41, 5.74) is 0. The van der Waals surface area contributed by atoms with Gasteiger partial charge in [0.15, 0.2) is 0 Å². The zero-order valence-electron chi connectivity index (χ0n) is 12.4. The Bertz CT molecular complexity index is 725. The summed E-state index contributed by atoms with van der Waals surface area (Å²) in [4.78, 5) is 30.4. The number of aromatic amines is 1. The molecular formula is C14H15N5O2S2. The van der Waals surface area contributed by atoms with Crippen molar-refractivity contribution in [2.75, 3.05) is 13.1 Å². The highest BCUT2D eigenvalue weighted by atomic mass is 32.2. The molecule has 7 nitrogen and oxygen atoms in total. The zero-order valence-corrected chi connectivity index (χ0v) is 14.0. The largest absolute Gasteiger partial charge is 0.336 e. The van der Waals surface area contributed by atoms with E-state index in [1.807, 2.05) is 29.7 Å². The van der Waals surface area contributed by atoms with Crippen molar-refractivity contribution in [3.05, 3.63) is 28.2 Å². The summed E-state index contributed by atoms with van der Waals surface area (Å²) in [6, 6.07) is 3.65. The quantitative estimate of drug-likeness (QED) is 0.807. The minimum atomic E-state index is -0.427. The maximum atomic E-state index is 12.2. The molecule has 0 saturated carbocycles. The molecule has 1 fully saturated rings. The second-order valence-electron chi connectivity index (χ2n) is 4.83. The Labute approximate surface area is 141 Å². The minimum Gasteiger partial charge on any atom is -0.336 e. The van der Waals surface area contributed by atoms with Crippen molar-refractivity contribution in [2.24, 2.45) is 0 Å². The van der Waals surface area contributed by atoms with Gasteiger partial charge in [-0.15, -0.1) is 16.4 Å². The molecular weight excluding hydrogens is 334 g/mol. The first-order valence-corrected chi connectivity index (χ1v) is 8.79. The predicted molar refractivity (Wildman–Crippen MR) is 90.1 cm³/mol. The summed E-state index contributed by atoms with van der Waals surface area (Å²) in [5.74, 6) is 0.393. The number of hydrogen-bond acceptors (Lipinski definition) is 6. The van der Waals surface area contributed by atoms with E-state index in [2.05, 4.69) is 20.5 Å². The lowest BCUT2D eigenvalue weighted by Gasteiger charge is -2.15. The van der Waals surface area contributed by atoms with Gasteiger partial charge in [0.1, 0.15) is 5.82 Å². The van der Waals surface area contributed by atoms with Crippen molar-refractivity contribution in [3.8, 4) is 0 Å². The summed E-state index contributed by atoms with van der Waals surface area (Å²) in [6.45, 7) is 2.65. The van der Waals surface area contributed by atoms with Crippen LogP contribution in [0.3, 0.4) is 0 Å². The molecule has 23 heavy (non-hydrogen) atoms. The first kappa shape index (κ1) is 15.8. The molecule has 0 aliphatic carbocycles. The van der Waals surface area contributed by atoms with Crippen molar-refractivity contribution in [1.82, 2.24) is 25.4 Å². The number of hydrogen-bond donors (Lipinski definition) is 2. The van der Waals surface area contributed by atoms with Gasteiger partial charge in [-0.05, 0) is 30.5 Å². The lowest BCUT2D eigenvalue weighted by Crippen LogP contribution is -2.38. The molecule has 1 atom stereocenters. The first-order chi connectivity index (χ1) is 11.1. The number of nitrogens with one attached hydrogen (secondary N) is 2. The van der Waals surface area contributed by atoms with Gasteiger partial charge in [-0.2, -0.15) is 0 Å². The van der Waals surface area contributed by atoms with Gasteiger partial charge in [0, 0.05) is 18.0 Å². The number of rotatable bonds is 5. The third-order valence-electron chi connectivity index (χ3n) is 3.18. The van der Waals surface area contributed by atoms with Gasteiger partial charge in [0.25, 0.3) is 0 Å². The summed E-state index contributed by atoms with van der Waals surface area (Å²) in [6.07, 6.45) is 3.78. The Kier molecular flexibility index (Phi) is 4.77. The van der Waals surface area contributed by atoms with E-state index < -0.39 is 5.25 Å². The SMILES string of the molecule is CC(Sc1n[nH]c(/C=C/c2cccs2)n1)C(=O)N1CCNC1=O. The number of H-pyrrole nitrogens is 1. The molecule has 0 aromatic carbocycles. The average Bonchev–Trinajstić information content (AvgIpc) is 3.26. The van der Waals surface area contributed by atoms with Crippen molar-refractivity contribution < 1.29 is 9.59 Å². The summed E-state index contributed by atoms with van der Waals surface area (Å²) >= 11 is 2.86. The second kappa shape index (κ2) is 6.97. The third-order valence-corrected chi connectivity index (χ3v) is 4.97. The van der Waals surface area contributed by atoms with Crippen LogP contribution in [-0.2, 0) is 4.79 Å². The topological polar surface area (TPSA) is 91.0 Å². The van der Waals surface area contributed by atoms with Crippen molar-refractivity contribution in [1.29, 1.82) is 0 Å². The second-order valence-corrected chi connectivity index (χ2v) is 7.12. The molecule has 3 amide bonds. The standard InChI is InChI=1S/C14H15N5O2S2/c1-9(12(20)19-7-6-15-14(19)21)23-13-16-11(17-18-13)5-4-10-3-2-8-22-10/h2-5,8-9H,6-7H2,1H3,(H,15,21)(H,16,17,18)/b5-4+. The molecule has 1 unspecified atom stereocenters. The molecule has 3 rings (SSSR count). The molecule has 1 aliphatic heterocycles. The van der Waals surface area contributed by atoms with E-state index in [1.165, 1.54) is 16.7 Å². The van der Waals surface area contributed by atoms with Crippen LogP contribution < -0.4 is 5.32 Å². The number of carbonyl (C=O) groups is 2. The van der Waals surface area contributed by atoms with Gasteiger partial charge >= 0.3 is 6.03 Å². The van der Waals surface area contributed by atoms with Gasteiger partial charge in [-0.25, -0.2) is 9.78 Å². The average molecular weight is 349 g/mol.